The van der Waals surface area contributed by atoms with Crippen molar-refractivity contribution in [2.24, 2.45) is 0 Å². The third-order valence-corrected chi connectivity index (χ3v) is 2.33. The van der Waals surface area contributed by atoms with Gasteiger partial charge in [0.2, 0.25) is 0 Å². The van der Waals surface area contributed by atoms with Gasteiger partial charge in [-0.3, -0.25) is 9.78 Å². The van der Waals surface area contributed by atoms with Crippen LogP contribution in [0.1, 0.15) is 16.8 Å². The highest BCUT2D eigenvalue weighted by Gasteiger charge is 2.14. The summed E-state index contributed by atoms with van der Waals surface area (Å²) in [6.45, 7) is 0.0392. The molecule has 0 radical (unpaired) electrons. The van der Waals surface area contributed by atoms with Crippen LogP contribution in [0.3, 0.4) is 0 Å². The van der Waals surface area contributed by atoms with Crippen molar-refractivity contribution in [3.05, 3.63) is 29.0 Å². The lowest BCUT2D eigenvalue weighted by atomic mass is 10.2. The number of nitrogens with zero attached hydrogens (tertiary/aromatic N) is 1. The van der Waals surface area contributed by atoms with E-state index in [1.807, 2.05) is 0 Å². The maximum absolute atomic E-state index is 11.6. The SMILES string of the molecule is O=C(NCCC(O)C(=O)O)c1cnccc1Cl. The van der Waals surface area contributed by atoms with Gasteiger partial charge in [-0.1, -0.05) is 11.6 Å². The molecule has 0 fully saturated rings. The van der Waals surface area contributed by atoms with Gasteiger partial charge in [0.15, 0.2) is 6.10 Å². The van der Waals surface area contributed by atoms with Crippen LogP contribution in [0.2, 0.25) is 5.02 Å². The molecule has 1 aromatic rings. The minimum atomic E-state index is -1.49. The van der Waals surface area contributed by atoms with E-state index in [1.165, 1.54) is 18.5 Å². The Balaban J connectivity index is 2.46. The number of carbonyl (C=O) groups excluding carboxylic acids is 1. The van der Waals surface area contributed by atoms with Crippen LogP contribution in [0.25, 0.3) is 0 Å². The fraction of sp³-hybridized carbons (Fsp3) is 0.300. The third kappa shape index (κ3) is 4.01. The van der Waals surface area contributed by atoms with E-state index in [-0.39, 0.29) is 23.6 Å². The lowest BCUT2D eigenvalue weighted by Crippen LogP contribution is -2.30. The molecule has 1 unspecified atom stereocenters. The molecule has 0 aliphatic rings. The number of nitrogens with one attached hydrogen (secondary N) is 1. The molecule has 1 aromatic heterocycles. The van der Waals surface area contributed by atoms with Crippen LogP contribution < -0.4 is 5.32 Å². The van der Waals surface area contributed by atoms with Gasteiger partial charge in [-0.05, 0) is 6.07 Å². The third-order valence-electron chi connectivity index (χ3n) is 2.00. The molecule has 0 saturated heterocycles. The quantitative estimate of drug-likeness (QED) is 0.705. The van der Waals surface area contributed by atoms with Crippen LogP contribution in [0.4, 0.5) is 0 Å². The lowest BCUT2D eigenvalue weighted by Gasteiger charge is -2.07. The molecule has 1 heterocycles. The van der Waals surface area contributed by atoms with Crippen molar-refractivity contribution in [2.75, 3.05) is 6.54 Å². The first-order chi connectivity index (χ1) is 8.02. The van der Waals surface area contributed by atoms with Crippen LogP contribution in [-0.2, 0) is 4.79 Å². The molecule has 0 saturated carbocycles. The summed E-state index contributed by atoms with van der Waals surface area (Å²) in [7, 11) is 0. The van der Waals surface area contributed by atoms with Gasteiger partial charge < -0.3 is 15.5 Å². The summed E-state index contributed by atoms with van der Waals surface area (Å²) in [5, 5.41) is 20.1. The van der Waals surface area contributed by atoms with Gasteiger partial charge in [-0.2, -0.15) is 0 Å². The monoisotopic (exact) mass is 258 g/mol. The molecule has 1 rings (SSSR count). The zero-order valence-corrected chi connectivity index (χ0v) is 9.52. The van der Waals surface area contributed by atoms with Crippen LogP contribution >= 0.6 is 11.6 Å². The number of aliphatic carboxylic acids is 1. The molecule has 1 amide bonds. The number of hydrogen-bond acceptors (Lipinski definition) is 4. The lowest BCUT2D eigenvalue weighted by molar-refractivity contribution is -0.146. The number of carbonyl (C=O) groups is 2. The number of aliphatic hydroxyl groups is 1. The van der Waals surface area contributed by atoms with Gasteiger partial charge in [0.05, 0.1) is 10.6 Å². The Morgan fingerprint density at radius 1 is 1.53 bits per heavy atom. The number of amides is 1. The number of carboxylic acids is 1. The number of rotatable bonds is 5. The van der Waals surface area contributed by atoms with E-state index in [0.29, 0.717) is 0 Å². The summed E-state index contributed by atoms with van der Waals surface area (Å²) in [5.41, 5.74) is 0.207. The second-order valence-corrected chi connectivity index (χ2v) is 3.66. The topological polar surface area (TPSA) is 99.5 Å². The van der Waals surface area contributed by atoms with E-state index < -0.39 is 18.0 Å². The maximum Gasteiger partial charge on any atom is 0.332 e. The van der Waals surface area contributed by atoms with Crippen LogP contribution in [0.15, 0.2) is 18.5 Å². The second kappa shape index (κ2) is 6.17. The predicted octanol–water partition coefficient (Wildman–Crippen LogP) is 0.300. The number of hydrogen-bond donors (Lipinski definition) is 3. The van der Waals surface area contributed by atoms with Gasteiger partial charge in [-0.15, -0.1) is 0 Å². The van der Waals surface area contributed by atoms with Crippen molar-refractivity contribution in [3.8, 4) is 0 Å². The summed E-state index contributed by atoms with van der Waals surface area (Å²) >= 11 is 5.77. The first kappa shape index (κ1) is 13.4. The van der Waals surface area contributed by atoms with Crippen molar-refractivity contribution in [3.63, 3.8) is 0 Å². The highest BCUT2D eigenvalue weighted by molar-refractivity contribution is 6.33. The summed E-state index contributed by atoms with van der Waals surface area (Å²) < 4.78 is 0. The van der Waals surface area contributed by atoms with E-state index in [9.17, 15) is 9.59 Å². The highest BCUT2D eigenvalue weighted by Crippen LogP contribution is 2.12. The Hall–Kier alpha value is -1.66. The molecule has 0 bridgehead atoms. The Morgan fingerprint density at radius 2 is 2.24 bits per heavy atom. The van der Waals surface area contributed by atoms with E-state index in [0.717, 1.165) is 0 Å². The van der Waals surface area contributed by atoms with E-state index >= 15 is 0 Å². The molecular weight excluding hydrogens is 248 g/mol. The molecular formula is C10H11ClN2O4. The zero-order chi connectivity index (χ0) is 12.8. The average Bonchev–Trinajstić information content (AvgIpc) is 2.29. The minimum absolute atomic E-state index is 0.0392. The van der Waals surface area contributed by atoms with Crippen molar-refractivity contribution < 1.29 is 19.8 Å². The highest BCUT2D eigenvalue weighted by atomic mass is 35.5. The summed E-state index contributed by atoms with van der Waals surface area (Å²) in [4.78, 5) is 25.6. The Morgan fingerprint density at radius 3 is 2.82 bits per heavy atom. The molecule has 3 N–H and O–H groups in total. The molecule has 92 valence electrons. The first-order valence-electron chi connectivity index (χ1n) is 4.81. The molecule has 7 heteroatoms. The Bertz CT molecular complexity index is 425. The molecule has 0 aromatic carbocycles. The van der Waals surface area contributed by atoms with E-state index in [2.05, 4.69) is 10.3 Å². The molecule has 0 aliphatic heterocycles. The van der Waals surface area contributed by atoms with Crippen LogP contribution in [-0.4, -0.2) is 39.7 Å². The summed E-state index contributed by atoms with van der Waals surface area (Å²) in [6, 6.07) is 1.47. The fourth-order valence-corrected chi connectivity index (χ4v) is 1.28. The second-order valence-electron chi connectivity index (χ2n) is 3.25. The van der Waals surface area contributed by atoms with Crippen molar-refractivity contribution in [2.45, 2.75) is 12.5 Å². The van der Waals surface area contributed by atoms with Gasteiger partial charge in [0, 0.05) is 25.4 Å². The van der Waals surface area contributed by atoms with E-state index in [4.69, 9.17) is 21.8 Å². The molecule has 6 nitrogen and oxygen atoms in total. The van der Waals surface area contributed by atoms with Gasteiger partial charge in [-0.25, -0.2) is 4.79 Å². The molecule has 0 spiro atoms. The molecule has 17 heavy (non-hydrogen) atoms. The Labute approximate surface area is 102 Å². The average molecular weight is 259 g/mol. The standard InChI is InChI=1S/C10H11ClN2O4/c11-7-1-3-12-5-6(7)9(15)13-4-2-8(14)10(16)17/h1,3,5,8,14H,2,4H2,(H,13,15)(H,16,17). The number of carboxylic acid groups (broad SMARTS) is 1. The van der Waals surface area contributed by atoms with Gasteiger partial charge in [0.1, 0.15) is 0 Å². The molecule has 1 atom stereocenters. The number of halogens is 1. The van der Waals surface area contributed by atoms with Crippen molar-refractivity contribution >= 4 is 23.5 Å². The first-order valence-corrected chi connectivity index (χ1v) is 5.18. The zero-order valence-electron chi connectivity index (χ0n) is 8.76. The van der Waals surface area contributed by atoms with Gasteiger partial charge >= 0.3 is 5.97 Å². The van der Waals surface area contributed by atoms with Crippen LogP contribution in [0, 0.1) is 0 Å². The van der Waals surface area contributed by atoms with Crippen molar-refractivity contribution in [1.82, 2.24) is 10.3 Å². The normalized spacial score (nSPS) is 11.9. The Kier molecular flexibility index (Phi) is 4.86. The fourth-order valence-electron chi connectivity index (χ4n) is 1.09. The molecule has 0 aliphatic carbocycles. The minimum Gasteiger partial charge on any atom is -0.479 e. The predicted molar refractivity (Wildman–Crippen MR) is 59.8 cm³/mol. The number of pyridine rings is 1. The smallest absolute Gasteiger partial charge is 0.332 e. The van der Waals surface area contributed by atoms with Gasteiger partial charge in [0.25, 0.3) is 5.91 Å². The number of aromatic nitrogens is 1. The number of aliphatic hydroxyl groups excluding tert-OH is 1. The maximum atomic E-state index is 11.6. The summed E-state index contributed by atoms with van der Waals surface area (Å²) in [5.74, 6) is -1.78. The summed E-state index contributed by atoms with van der Waals surface area (Å²) in [6.07, 6.45) is 1.21. The largest absolute Gasteiger partial charge is 0.479 e. The van der Waals surface area contributed by atoms with Crippen molar-refractivity contribution in [1.29, 1.82) is 0 Å². The van der Waals surface area contributed by atoms with Crippen LogP contribution in [0.5, 0.6) is 0 Å². The van der Waals surface area contributed by atoms with E-state index in [1.54, 1.807) is 0 Å².